The molecule has 0 radical (unpaired) electrons. The number of carbonyl (C=O) groups is 2. The van der Waals surface area contributed by atoms with Gasteiger partial charge in [-0.05, 0) is 5.56 Å². The number of benzene rings is 1. The molecule has 1 saturated heterocycles. The second-order valence-electron chi connectivity index (χ2n) is 5.28. The lowest BCUT2D eigenvalue weighted by Crippen LogP contribution is -2.33. The zero-order chi connectivity index (χ0) is 16.7. The SMILES string of the molecule is O=C(CCN1CCSC1=O)NCCS(=O)(=O)Cc1ccccc1. The van der Waals surface area contributed by atoms with Crippen molar-refractivity contribution in [1.82, 2.24) is 10.2 Å². The van der Waals surface area contributed by atoms with Gasteiger partial charge >= 0.3 is 0 Å². The topological polar surface area (TPSA) is 83.6 Å². The first-order chi connectivity index (χ1) is 11.0. The van der Waals surface area contributed by atoms with Crippen LogP contribution in [0.5, 0.6) is 0 Å². The average molecular weight is 356 g/mol. The summed E-state index contributed by atoms with van der Waals surface area (Å²) >= 11 is 1.26. The fourth-order valence-corrected chi connectivity index (χ4v) is 4.31. The second kappa shape index (κ2) is 8.35. The minimum atomic E-state index is -3.25. The molecule has 6 nitrogen and oxygen atoms in total. The van der Waals surface area contributed by atoms with Crippen molar-refractivity contribution in [2.45, 2.75) is 12.2 Å². The van der Waals surface area contributed by atoms with Gasteiger partial charge in [0.1, 0.15) is 0 Å². The van der Waals surface area contributed by atoms with Crippen LogP contribution in [0.2, 0.25) is 0 Å². The highest BCUT2D eigenvalue weighted by atomic mass is 32.2. The first-order valence-corrected chi connectivity index (χ1v) is 10.2. The Morgan fingerprint density at radius 2 is 2.00 bits per heavy atom. The molecule has 0 aromatic heterocycles. The predicted octanol–water partition coefficient (Wildman–Crippen LogP) is 1.28. The number of thioether (sulfide) groups is 1. The molecule has 23 heavy (non-hydrogen) atoms. The molecule has 1 heterocycles. The van der Waals surface area contributed by atoms with Crippen molar-refractivity contribution in [3.8, 4) is 0 Å². The van der Waals surface area contributed by atoms with E-state index < -0.39 is 9.84 Å². The Bertz CT molecular complexity index is 647. The molecule has 0 aliphatic carbocycles. The Kier molecular flexibility index (Phi) is 6.47. The van der Waals surface area contributed by atoms with Crippen LogP contribution in [-0.2, 0) is 20.4 Å². The molecule has 2 amide bonds. The van der Waals surface area contributed by atoms with E-state index in [1.54, 1.807) is 29.2 Å². The molecule has 1 N–H and O–H groups in total. The van der Waals surface area contributed by atoms with E-state index in [4.69, 9.17) is 0 Å². The van der Waals surface area contributed by atoms with Crippen LogP contribution in [-0.4, -0.2) is 55.6 Å². The zero-order valence-electron chi connectivity index (χ0n) is 12.7. The average Bonchev–Trinajstić information content (AvgIpc) is 2.91. The number of hydrogen-bond donors (Lipinski definition) is 1. The van der Waals surface area contributed by atoms with E-state index in [9.17, 15) is 18.0 Å². The molecule has 0 atom stereocenters. The van der Waals surface area contributed by atoms with E-state index in [1.165, 1.54) is 11.8 Å². The molecule has 2 rings (SSSR count). The largest absolute Gasteiger partial charge is 0.355 e. The predicted molar refractivity (Wildman–Crippen MR) is 91.0 cm³/mol. The summed E-state index contributed by atoms with van der Waals surface area (Å²) < 4.78 is 24.0. The standard InChI is InChI=1S/C15H20N2O4S2/c18-14(6-8-17-9-10-22-15(17)19)16-7-11-23(20,21)12-13-4-2-1-3-5-13/h1-5H,6-12H2,(H,16,18). The number of nitrogens with zero attached hydrogens (tertiary/aromatic N) is 1. The summed E-state index contributed by atoms with van der Waals surface area (Å²) in [5, 5.41) is 2.60. The third-order valence-corrected chi connectivity index (χ3v) is 5.91. The monoisotopic (exact) mass is 356 g/mol. The number of hydrogen-bond acceptors (Lipinski definition) is 5. The van der Waals surface area contributed by atoms with Gasteiger partial charge in [0.2, 0.25) is 5.91 Å². The summed E-state index contributed by atoms with van der Waals surface area (Å²) in [5.41, 5.74) is 0.740. The van der Waals surface area contributed by atoms with Crippen LogP contribution in [0.4, 0.5) is 4.79 Å². The molecule has 126 valence electrons. The van der Waals surface area contributed by atoms with Crippen molar-refractivity contribution >= 4 is 32.7 Å². The first-order valence-electron chi connectivity index (χ1n) is 7.39. The Morgan fingerprint density at radius 1 is 1.26 bits per heavy atom. The Hall–Kier alpha value is -1.54. The minimum Gasteiger partial charge on any atom is -0.355 e. The first kappa shape index (κ1) is 17.8. The fraction of sp³-hybridized carbons (Fsp3) is 0.467. The molecule has 8 heteroatoms. The zero-order valence-corrected chi connectivity index (χ0v) is 14.4. The quantitative estimate of drug-likeness (QED) is 0.758. The highest BCUT2D eigenvalue weighted by Crippen LogP contribution is 2.16. The third kappa shape index (κ3) is 6.23. The van der Waals surface area contributed by atoms with Crippen LogP contribution >= 0.6 is 11.8 Å². The fourth-order valence-electron chi connectivity index (χ4n) is 2.20. The molecule has 0 spiro atoms. The summed E-state index contributed by atoms with van der Waals surface area (Å²) in [6.07, 6.45) is 0.199. The molecule has 1 aliphatic rings. The molecule has 0 bridgehead atoms. The van der Waals surface area contributed by atoms with Crippen LogP contribution in [0.3, 0.4) is 0 Å². The molecule has 0 unspecified atom stereocenters. The van der Waals surface area contributed by atoms with Crippen LogP contribution in [0, 0.1) is 0 Å². The van der Waals surface area contributed by atoms with Gasteiger partial charge in [-0.1, -0.05) is 42.1 Å². The van der Waals surface area contributed by atoms with E-state index >= 15 is 0 Å². The summed E-state index contributed by atoms with van der Waals surface area (Å²) in [6, 6.07) is 8.96. The van der Waals surface area contributed by atoms with Crippen molar-refractivity contribution in [1.29, 1.82) is 0 Å². The van der Waals surface area contributed by atoms with E-state index in [0.717, 1.165) is 11.3 Å². The maximum atomic E-state index is 12.0. The van der Waals surface area contributed by atoms with E-state index in [1.807, 2.05) is 6.07 Å². The van der Waals surface area contributed by atoms with Gasteiger partial charge in [-0.25, -0.2) is 8.42 Å². The summed E-state index contributed by atoms with van der Waals surface area (Å²) in [7, 11) is -3.25. The van der Waals surface area contributed by atoms with Gasteiger partial charge < -0.3 is 10.2 Å². The molecule has 1 aliphatic heterocycles. The molecular formula is C15H20N2O4S2. The van der Waals surface area contributed by atoms with Crippen LogP contribution in [0.25, 0.3) is 0 Å². The number of rotatable bonds is 8. The normalized spacial score (nSPS) is 15.0. The maximum Gasteiger partial charge on any atom is 0.281 e. The lowest BCUT2D eigenvalue weighted by molar-refractivity contribution is -0.121. The Morgan fingerprint density at radius 3 is 2.65 bits per heavy atom. The smallest absolute Gasteiger partial charge is 0.281 e. The van der Waals surface area contributed by atoms with Gasteiger partial charge in [-0.2, -0.15) is 0 Å². The molecule has 1 aromatic carbocycles. The van der Waals surface area contributed by atoms with Gasteiger partial charge in [0.25, 0.3) is 5.24 Å². The van der Waals surface area contributed by atoms with Crippen LogP contribution < -0.4 is 5.32 Å². The summed E-state index contributed by atoms with van der Waals surface area (Å²) in [5.74, 6) is 0.415. The van der Waals surface area contributed by atoms with Crippen LogP contribution in [0.15, 0.2) is 30.3 Å². The van der Waals surface area contributed by atoms with Crippen molar-refractivity contribution in [2.75, 3.05) is 31.1 Å². The molecule has 0 saturated carbocycles. The highest BCUT2D eigenvalue weighted by Gasteiger charge is 2.21. The van der Waals surface area contributed by atoms with Gasteiger partial charge in [0.05, 0.1) is 11.5 Å². The van der Waals surface area contributed by atoms with Gasteiger partial charge in [-0.3, -0.25) is 9.59 Å². The number of nitrogens with one attached hydrogen (secondary N) is 1. The number of carbonyl (C=O) groups excluding carboxylic acids is 2. The lowest BCUT2D eigenvalue weighted by Gasteiger charge is -2.13. The van der Waals surface area contributed by atoms with E-state index in [2.05, 4.69) is 5.32 Å². The summed E-state index contributed by atoms with van der Waals surface area (Å²) in [6.45, 7) is 1.15. The Labute approximate surface area is 140 Å². The Balaban J connectivity index is 1.67. The highest BCUT2D eigenvalue weighted by molar-refractivity contribution is 8.13. The maximum absolute atomic E-state index is 12.0. The lowest BCUT2D eigenvalue weighted by atomic mass is 10.2. The second-order valence-corrected chi connectivity index (χ2v) is 8.51. The van der Waals surface area contributed by atoms with Gasteiger partial charge in [0.15, 0.2) is 9.84 Å². The van der Waals surface area contributed by atoms with Crippen LogP contribution in [0.1, 0.15) is 12.0 Å². The van der Waals surface area contributed by atoms with Crippen molar-refractivity contribution in [3.05, 3.63) is 35.9 Å². The van der Waals surface area contributed by atoms with Gasteiger partial charge in [-0.15, -0.1) is 0 Å². The van der Waals surface area contributed by atoms with Gasteiger partial charge in [0, 0.05) is 31.8 Å². The van der Waals surface area contributed by atoms with Crippen molar-refractivity contribution in [3.63, 3.8) is 0 Å². The molecule has 1 fully saturated rings. The number of sulfone groups is 1. The molecular weight excluding hydrogens is 336 g/mol. The van der Waals surface area contributed by atoms with Crippen molar-refractivity contribution in [2.24, 2.45) is 0 Å². The number of amides is 2. The third-order valence-electron chi connectivity index (χ3n) is 3.42. The van der Waals surface area contributed by atoms with E-state index in [0.29, 0.717) is 13.1 Å². The molecule has 1 aromatic rings. The minimum absolute atomic E-state index is 0.00300. The van der Waals surface area contributed by atoms with E-state index in [-0.39, 0.29) is 35.6 Å². The summed E-state index contributed by atoms with van der Waals surface area (Å²) in [4.78, 5) is 24.7. The van der Waals surface area contributed by atoms with Crippen molar-refractivity contribution < 1.29 is 18.0 Å².